The highest BCUT2D eigenvalue weighted by molar-refractivity contribution is 14.0. The third-order valence-electron chi connectivity index (χ3n) is 3.04. The number of rotatable bonds is 5. The van der Waals surface area contributed by atoms with Crippen LogP contribution in [0.1, 0.15) is 26.1 Å². The predicted molar refractivity (Wildman–Crippen MR) is 96.1 cm³/mol. The number of aromatic nitrogens is 3. The van der Waals surface area contributed by atoms with Gasteiger partial charge in [0, 0.05) is 19.8 Å². The Kier molecular flexibility index (Phi) is 7.41. The van der Waals surface area contributed by atoms with Gasteiger partial charge in [-0.15, -0.1) is 34.2 Å². The van der Waals surface area contributed by atoms with Gasteiger partial charge in [0.25, 0.3) is 0 Å². The lowest BCUT2D eigenvalue weighted by Crippen LogP contribution is -2.38. The molecule has 2 aromatic heterocycles. The quantitative estimate of drug-likeness (QED) is 0.457. The van der Waals surface area contributed by atoms with E-state index in [1.807, 2.05) is 28.8 Å². The minimum Gasteiger partial charge on any atom is -0.356 e. The molecule has 21 heavy (non-hydrogen) atoms. The van der Waals surface area contributed by atoms with E-state index in [1.54, 1.807) is 7.05 Å². The number of fused-ring (bicyclic) bond motifs is 1. The van der Waals surface area contributed by atoms with Crippen molar-refractivity contribution in [3.63, 3.8) is 0 Å². The Bertz CT molecular complexity index is 578. The lowest BCUT2D eigenvalue weighted by molar-refractivity contribution is 0.573. The van der Waals surface area contributed by atoms with Gasteiger partial charge in [-0.1, -0.05) is 19.9 Å². The van der Waals surface area contributed by atoms with Crippen LogP contribution in [0, 0.1) is 5.92 Å². The summed E-state index contributed by atoms with van der Waals surface area (Å²) in [6.45, 7) is 5.92. The monoisotopic (exact) mass is 402 g/mol. The molecule has 7 heteroatoms. The molecule has 0 aromatic carbocycles. The Morgan fingerprint density at radius 2 is 2.10 bits per heavy atom. The van der Waals surface area contributed by atoms with Crippen molar-refractivity contribution in [2.75, 3.05) is 13.6 Å². The summed E-state index contributed by atoms with van der Waals surface area (Å²) in [6.07, 6.45) is 3.08. The second kappa shape index (κ2) is 8.81. The van der Waals surface area contributed by atoms with E-state index < -0.39 is 0 Å². The van der Waals surface area contributed by atoms with Crippen molar-refractivity contribution >= 4 is 35.6 Å². The molecule has 2 N–H and O–H groups in total. The maximum Gasteiger partial charge on any atom is 0.191 e. The van der Waals surface area contributed by atoms with Gasteiger partial charge in [0.1, 0.15) is 0 Å². The molecule has 0 fully saturated rings. The molecular formula is C14H23IN6. The smallest absolute Gasteiger partial charge is 0.191 e. The first kappa shape index (κ1) is 17.7. The molecule has 0 spiro atoms. The van der Waals surface area contributed by atoms with E-state index in [0.717, 1.165) is 30.4 Å². The molecule has 6 nitrogen and oxygen atoms in total. The SMILES string of the molecule is CN=C(NCCC(C)C)NCc1nnc2ccccn12.I. The van der Waals surface area contributed by atoms with Crippen LogP contribution >= 0.6 is 24.0 Å². The fourth-order valence-corrected chi connectivity index (χ4v) is 1.87. The van der Waals surface area contributed by atoms with Crippen molar-refractivity contribution in [2.45, 2.75) is 26.8 Å². The molecule has 0 aliphatic carbocycles. The second-order valence-corrected chi connectivity index (χ2v) is 5.08. The fourth-order valence-electron chi connectivity index (χ4n) is 1.87. The highest BCUT2D eigenvalue weighted by Crippen LogP contribution is 2.02. The molecule has 0 saturated carbocycles. The van der Waals surface area contributed by atoms with E-state index in [1.165, 1.54) is 0 Å². The van der Waals surface area contributed by atoms with Crippen LogP contribution in [0.3, 0.4) is 0 Å². The van der Waals surface area contributed by atoms with E-state index in [-0.39, 0.29) is 24.0 Å². The molecule has 2 heterocycles. The van der Waals surface area contributed by atoms with Crippen LogP contribution < -0.4 is 10.6 Å². The average Bonchev–Trinajstić information content (AvgIpc) is 2.85. The van der Waals surface area contributed by atoms with Crippen LogP contribution in [-0.2, 0) is 6.54 Å². The highest BCUT2D eigenvalue weighted by Gasteiger charge is 2.05. The summed E-state index contributed by atoms with van der Waals surface area (Å²) in [5.74, 6) is 2.34. The summed E-state index contributed by atoms with van der Waals surface area (Å²) >= 11 is 0. The second-order valence-electron chi connectivity index (χ2n) is 5.08. The van der Waals surface area contributed by atoms with Crippen molar-refractivity contribution in [1.82, 2.24) is 25.2 Å². The van der Waals surface area contributed by atoms with Gasteiger partial charge in [0.2, 0.25) is 0 Å². The molecule has 0 unspecified atom stereocenters. The summed E-state index contributed by atoms with van der Waals surface area (Å²) in [4.78, 5) is 4.20. The summed E-state index contributed by atoms with van der Waals surface area (Å²) in [7, 11) is 1.77. The first-order valence-electron chi connectivity index (χ1n) is 6.94. The van der Waals surface area contributed by atoms with Gasteiger partial charge in [0.15, 0.2) is 17.4 Å². The Labute approximate surface area is 142 Å². The highest BCUT2D eigenvalue weighted by atomic mass is 127. The van der Waals surface area contributed by atoms with Gasteiger partial charge in [0.05, 0.1) is 6.54 Å². The number of nitrogens with one attached hydrogen (secondary N) is 2. The average molecular weight is 402 g/mol. The van der Waals surface area contributed by atoms with E-state index in [2.05, 4.69) is 39.7 Å². The molecule has 0 saturated heterocycles. The Morgan fingerprint density at radius 3 is 2.81 bits per heavy atom. The van der Waals surface area contributed by atoms with Crippen molar-refractivity contribution in [3.8, 4) is 0 Å². The predicted octanol–water partition coefficient (Wildman–Crippen LogP) is 2.06. The van der Waals surface area contributed by atoms with Crippen LogP contribution in [0.25, 0.3) is 5.65 Å². The zero-order chi connectivity index (χ0) is 14.4. The molecule has 0 aliphatic heterocycles. The van der Waals surface area contributed by atoms with Crippen molar-refractivity contribution in [2.24, 2.45) is 10.9 Å². The molecule has 0 aliphatic rings. The molecular weight excluding hydrogens is 379 g/mol. The van der Waals surface area contributed by atoms with Gasteiger partial charge in [-0.2, -0.15) is 0 Å². The Morgan fingerprint density at radius 1 is 1.29 bits per heavy atom. The fraction of sp³-hybridized carbons (Fsp3) is 0.500. The lowest BCUT2D eigenvalue weighted by Gasteiger charge is -2.12. The molecule has 0 atom stereocenters. The van der Waals surface area contributed by atoms with Crippen LogP contribution in [0.2, 0.25) is 0 Å². The number of hydrogen-bond acceptors (Lipinski definition) is 3. The van der Waals surface area contributed by atoms with Crippen LogP contribution in [0.15, 0.2) is 29.4 Å². The number of nitrogens with zero attached hydrogens (tertiary/aromatic N) is 4. The minimum atomic E-state index is 0. The van der Waals surface area contributed by atoms with Crippen LogP contribution in [0.5, 0.6) is 0 Å². The Balaban J connectivity index is 0.00000220. The maximum absolute atomic E-state index is 4.20. The van der Waals surface area contributed by atoms with Crippen LogP contribution in [0.4, 0.5) is 0 Å². The number of pyridine rings is 1. The van der Waals surface area contributed by atoms with Gasteiger partial charge >= 0.3 is 0 Å². The molecule has 0 bridgehead atoms. The first-order chi connectivity index (χ1) is 9.70. The summed E-state index contributed by atoms with van der Waals surface area (Å²) < 4.78 is 1.97. The number of halogens is 1. The van der Waals surface area contributed by atoms with Gasteiger partial charge < -0.3 is 10.6 Å². The molecule has 2 aromatic rings. The van der Waals surface area contributed by atoms with Gasteiger partial charge in [-0.25, -0.2) is 0 Å². The molecule has 0 radical (unpaired) electrons. The number of hydrogen-bond donors (Lipinski definition) is 2. The van der Waals surface area contributed by atoms with E-state index in [0.29, 0.717) is 12.5 Å². The van der Waals surface area contributed by atoms with Gasteiger partial charge in [-0.05, 0) is 24.5 Å². The first-order valence-corrected chi connectivity index (χ1v) is 6.94. The number of aliphatic imine (C=N–C) groups is 1. The van der Waals surface area contributed by atoms with E-state index in [4.69, 9.17) is 0 Å². The van der Waals surface area contributed by atoms with Crippen LogP contribution in [-0.4, -0.2) is 34.2 Å². The normalized spacial score (nSPS) is 11.5. The molecule has 0 amide bonds. The topological polar surface area (TPSA) is 66.6 Å². The summed E-state index contributed by atoms with van der Waals surface area (Å²) in [5.41, 5.74) is 0.854. The lowest BCUT2D eigenvalue weighted by atomic mass is 10.1. The van der Waals surface area contributed by atoms with Gasteiger partial charge in [-0.3, -0.25) is 9.39 Å². The third-order valence-corrected chi connectivity index (χ3v) is 3.04. The summed E-state index contributed by atoms with van der Waals surface area (Å²) in [6, 6.07) is 5.86. The molecule has 116 valence electrons. The third kappa shape index (κ3) is 5.14. The zero-order valence-electron chi connectivity index (χ0n) is 12.7. The zero-order valence-corrected chi connectivity index (χ0v) is 15.0. The standard InChI is InChI=1S/C14H22N6.HI/c1-11(2)7-8-16-14(15-3)17-10-13-19-18-12-6-4-5-9-20(12)13;/h4-6,9,11H,7-8,10H2,1-3H3,(H2,15,16,17);1H. The Hall–Kier alpha value is -1.38. The van der Waals surface area contributed by atoms with Crippen molar-refractivity contribution in [3.05, 3.63) is 30.2 Å². The largest absolute Gasteiger partial charge is 0.356 e. The molecule has 2 rings (SSSR count). The maximum atomic E-state index is 4.20. The minimum absolute atomic E-state index is 0. The van der Waals surface area contributed by atoms with Crippen molar-refractivity contribution < 1.29 is 0 Å². The van der Waals surface area contributed by atoms with E-state index in [9.17, 15) is 0 Å². The van der Waals surface area contributed by atoms with Crippen molar-refractivity contribution in [1.29, 1.82) is 0 Å². The number of guanidine groups is 1. The summed E-state index contributed by atoms with van der Waals surface area (Å²) in [5, 5.41) is 14.8. The van der Waals surface area contributed by atoms with E-state index >= 15 is 0 Å².